The topological polar surface area (TPSA) is 55.1 Å². The van der Waals surface area contributed by atoms with Crippen LogP contribution in [0.15, 0.2) is 24.3 Å². The molecule has 0 fully saturated rings. The van der Waals surface area contributed by atoms with Crippen molar-refractivity contribution in [1.82, 2.24) is 9.78 Å². The van der Waals surface area contributed by atoms with Crippen molar-refractivity contribution < 1.29 is 9.90 Å². The van der Waals surface area contributed by atoms with E-state index in [9.17, 15) is 9.90 Å². The molecule has 1 aromatic carbocycles. The number of carbonyl (C=O) groups is 1. The van der Waals surface area contributed by atoms with Gasteiger partial charge < -0.3 is 5.11 Å². The van der Waals surface area contributed by atoms with Gasteiger partial charge in [0.15, 0.2) is 5.69 Å². The first-order valence-electron chi connectivity index (χ1n) is 6.66. The standard InChI is InChI=1S/C15H15IN2O2/c1-9-5-6-13-12(7-9)14(15(19)20)17-18(13)11-4-2-3-10(16)8-11/h2-4,8-9H,5-7H2,1H3,(H,19,20). The molecule has 1 aromatic heterocycles. The lowest BCUT2D eigenvalue weighted by Gasteiger charge is -2.19. The Morgan fingerprint density at radius 2 is 2.30 bits per heavy atom. The molecule has 1 atom stereocenters. The number of carboxylic acids is 1. The molecule has 0 spiro atoms. The molecule has 1 aliphatic carbocycles. The summed E-state index contributed by atoms with van der Waals surface area (Å²) in [5, 5.41) is 13.7. The average molecular weight is 382 g/mol. The Bertz CT molecular complexity index is 679. The van der Waals surface area contributed by atoms with E-state index in [1.807, 2.05) is 28.9 Å². The Labute approximate surface area is 130 Å². The number of hydrogen-bond acceptors (Lipinski definition) is 2. The van der Waals surface area contributed by atoms with E-state index in [0.717, 1.165) is 39.8 Å². The SMILES string of the molecule is CC1CCc2c(c(C(=O)O)nn2-c2cccc(I)c2)C1. The molecule has 5 heteroatoms. The number of hydrogen-bond donors (Lipinski definition) is 1. The molecule has 1 unspecified atom stereocenters. The number of aromatic carboxylic acids is 1. The van der Waals surface area contributed by atoms with Gasteiger partial charge in [0.2, 0.25) is 0 Å². The maximum Gasteiger partial charge on any atom is 0.356 e. The molecule has 0 radical (unpaired) electrons. The van der Waals surface area contributed by atoms with Crippen LogP contribution in [0.4, 0.5) is 0 Å². The van der Waals surface area contributed by atoms with Crippen LogP contribution in [0.5, 0.6) is 0 Å². The van der Waals surface area contributed by atoms with Gasteiger partial charge in [-0.05, 0) is 66.0 Å². The zero-order valence-corrected chi connectivity index (χ0v) is 13.3. The molecule has 1 aliphatic rings. The lowest BCUT2D eigenvalue weighted by molar-refractivity contribution is 0.0688. The van der Waals surface area contributed by atoms with Crippen molar-refractivity contribution in [3.8, 4) is 5.69 Å². The van der Waals surface area contributed by atoms with Crippen LogP contribution in [0.2, 0.25) is 0 Å². The molecule has 0 amide bonds. The van der Waals surface area contributed by atoms with Crippen molar-refractivity contribution in [2.45, 2.75) is 26.2 Å². The van der Waals surface area contributed by atoms with Crippen LogP contribution in [0.1, 0.15) is 35.1 Å². The van der Waals surface area contributed by atoms with Crippen molar-refractivity contribution >= 4 is 28.6 Å². The number of benzene rings is 1. The van der Waals surface area contributed by atoms with Gasteiger partial charge in [0.25, 0.3) is 0 Å². The molecule has 0 aliphatic heterocycles. The van der Waals surface area contributed by atoms with E-state index in [4.69, 9.17) is 0 Å². The molecule has 2 aromatic rings. The van der Waals surface area contributed by atoms with Gasteiger partial charge in [-0.25, -0.2) is 9.48 Å². The first-order chi connectivity index (χ1) is 9.56. The Morgan fingerprint density at radius 1 is 1.50 bits per heavy atom. The second-order valence-electron chi connectivity index (χ2n) is 5.32. The van der Waals surface area contributed by atoms with Gasteiger partial charge in [0, 0.05) is 14.8 Å². The summed E-state index contributed by atoms with van der Waals surface area (Å²) >= 11 is 2.25. The predicted molar refractivity (Wildman–Crippen MR) is 84.4 cm³/mol. The van der Waals surface area contributed by atoms with Crippen molar-refractivity contribution in [3.05, 3.63) is 44.8 Å². The molecule has 3 rings (SSSR count). The second kappa shape index (κ2) is 5.20. The first-order valence-corrected chi connectivity index (χ1v) is 7.74. The third-order valence-electron chi connectivity index (χ3n) is 3.77. The van der Waals surface area contributed by atoms with Crippen LogP contribution in [0, 0.1) is 9.49 Å². The van der Waals surface area contributed by atoms with E-state index in [2.05, 4.69) is 34.6 Å². The molecule has 0 bridgehead atoms. The maximum absolute atomic E-state index is 11.4. The molecule has 1 heterocycles. The fraction of sp³-hybridized carbons (Fsp3) is 0.333. The van der Waals surface area contributed by atoms with E-state index in [1.54, 1.807) is 0 Å². The average Bonchev–Trinajstić information content (AvgIpc) is 2.77. The number of nitrogens with zero attached hydrogens (tertiary/aromatic N) is 2. The molecule has 104 valence electrons. The highest BCUT2D eigenvalue weighted by molar-refractivity contribution is 14.1. The van der Waals surface area contributed by atoms with Gasteiger partial charge >= 0.3 is 5.97 Å². The van der Waals surface area contributed by atoms with Gasteiger partial charge in [-0.15, -0.1) is 0 Å². The van der Waals surface area contributed by atoms with Crippen LogP contribution in [-0.2, 0) is 12.8 Å². The minimum absolute atomic E-state index is 0.213. The summed E-state index contributed by atoms with van der Waals surface area (Å²) in [5.41, 5.74) is 3.12. The highest BCUT2D eigenvalue weighted by atomic mass is 127. The second-order valence-corrected chi connectivity index (χ2v) is 6.56. The molecular weight excluding hydrogens is 367 g/mol. The third kappa shape index (κ3) is 2.34. The van der Waals surface area contributed by atoms with E-state index in [0.29, 0.717) is 5.92 Å². The summed E-state index contributed by atoms with van der Waals surface area (Å²) in [6.07, 6.45) is 2.78. The van der Waals surface area contributed by atoms with Crippen LogP contribution in [0.25, 0.3) is 5.69 Å². The highest BCUT2D eigenvalue weighted by Gasteiger charge is 2.27. The molecule has 4 nitrogen and oxygen atoms in total. The zero-order valence-electron chi connectivity index (χ0n) is 11.1. The Morgan fingerprint density at radius 3 is 3.00 bits per heavy atom. The Balaban J connectivity index is 2.17. The fourth-order valence-corrected chi connectivity index (χ4v) is 3.31. The molecule has 20 heavy (non-hydrogen) atoms. The number of aromatic nitrogens is 2. The van der Waals surface area contributed by atoms with Gasteiger partial charge in [0.05, 0.1) is 5.69 Å². The van der Waals surface area contributed by atoms with Crippen LogP contribution in [0.3, 0.4) is 0 Å². The number of halogens is 1. The van der Waals surface area contributed by atoms with E-state index < -0.39 is 5.97 Å². The van der Waals surface area contributed by atoms with E-state index in [1.165, 1.54) is 0 Å². The van der Waals surface area contributed by atoms with Crippen LogP contribution in [-0.4, -0.2) is 20.9 Å². The Kier molecular flexibility index (Phi) is 3.54. The number of carboxylic acid groups (broad SMARTS) is 1. The summed E-state index contributed by atoms with van der Waals surface area (Å²) in [7, 11) is 0. The third-order valence-corrected chi connectivity index (χ3v) is 4.44. The molecular formula is C15H15IN2O2. The normalized spacial score (nSPS) is 17.8. The predicted octanol–water partition coefficient (Wildman–Crippen LogP) is 3.30. The maximum atomic E-state index is 11.4. The van der Waals surface area contributed by atoms with Gasteiger partial charge in [0.1, 0.15) is 0 Å². The Hall–Kier alpha value is -1.37. The quantitative estimate of drug-likeness (QED) is 0.811. The summed E-state index contributed by atoms with van der Waals surface area (Å²) in [5.74, 6) is -0.408. The molecule has 0 saturated carbocycles. The number of fused-ring (bicyclic) bond motifs is 1. The number of rotatable bonds is 2. The zero-order chi connectivity index (χ0) is 14.3. The van der Waals surface area contributed by atoms with Gasteiger partial charge in [-0.1, -0.05) is 13.0 Å². The van der Waals surface area contributed by atoms with Crippen LogP contribution < -0.4 is 0 Å². The van der Waals surface area contributed by atoms with Crippen molar-refractivity contribution in [1.29, 1.82) is 0 Å². The van der Waals surface area contributed by atoms with Crippen molar-refractivity contribution in [2.75, 3.05) is 0 Å². The lowest BCUT2D eigenvalue weighted by Crippen LogP contribution is -2.14. The summed E-state index contributed by atoms with van der Waals surface area (Å²) < 4.78 is 2.93. The smallest absolute Gasteiger partial charge is 0.356 e. The van der Waals surface area contributed by atoms with Gasteiger partial charge in [-0.2, -0.15) is 5.10 Å². The van der Waals surface area contributed by atoms with E-state index in [-0.39, 0.29) is 5.69 Å². The minimum atomic E-state index is -0.931. The van der Waals surface area contributed by atoms with Crippen molar-refractivity contribution in [3.63, 3.8) is 0 Å². The van der Waals surface area contributed by atoms with Crippen molar-refractivity contribution in [2.24, 2.45) is 5.92 Å². The van der Waals surface area contributed by atoms with E-state index >= 15 is 0 Å². The van der Waals surface area contributed by atoms with Crippen LogP contribution >= 0.6 is 22.6 Å². The fourth-order valence-electron chi connectivity index (χ4n) is 2.78. The monoisotopic (exact) mass is 382 g/mol. The molecule has 0 saturated heterocycles. The summed E-state index contributed by atoms with van der Waals surface area (Å²) in [6.45, 7) is 2.16. The highest BCUT2D eigenvalue weighted by Crippen LogP contribution is 2.30. The molecule has 1 N–H and O–H groups in total. The van der Waals surface area contributed by atoms with Gasteiger partial charge in [-0.3, -0.25) is 0 Å². The largest absolute Gasteiger partial charge is 0.476 e. The first kappa shape index (κ1) is 13.6. The lowest BCUT2D eigenvalue weighted by atomic mass is 9.87. The summed E-state index contributed by atoms with van der Waals surface area (Å²) in [4.78, 5) is 11.4. The minimum Gasteiger partial charge on any atom is -0.476 e. The summed E-state index contributed by atoms with van der Waals surface area (Å²) in [6, 6.07) is 7.98.